The number of hydrogen-bond donors (Lipinski definition) is 10. The van der Waals surface area contributed by atoms with E-state index in [-0.39, 0.29) is 42.3 Å². The Hall–Kier alpha value is -1.61. The van der Waals surface area contributed by atoms with Crippen LogP contribution in [0.1, 0.15) is 25.4 Å². The van der Waals surface area contributed by atoms with Crippen LogP contribution in [0.5, 0.6) is 5.75 Å². The van der Waals surface area contributed by atoms with Crippen molar-refractivity contribution in [1.29, 1.82) is 0 Å². The van der Waals surface area contributed by atoms with Crippen LogP contribution in [0.4, 0.5) is 0 Å². The molecule has 0 aromatic heterocycles. The van der Waals surface area contributed by atoms with Crippen LogP contribution in [-0.4, -0.2) is 99.3 Å². The predicted molar refractivity (Wildman–Crippen MR) is 155 cm³/mol. The summed E-state index contributed by atoms with van der Waals surface area (Å²) in [5.41, 5.74) is 1.47. The number of phenols is 1. The number of hydrogen-bond acceptors (Lipinski definition) is 17. The average molecular weight is 788 g/mol. The summed E-state index contributed by atoms with van der Waals surface area (Å²) in [6.45, 7) is 1.68. The van der Waals surface area contributed by atoms with E-state index in [0.717, 1.165) is 0 Å². The van der Waals surface area contributed by atoms with Crippen molar-refractivity contribution in [3.63, 3.8) is 0 Å². The van der Waals surface area contributed by atoms with Crippen LogP contribution < -0.4 is 35.3 Å². The summed E-state index contributed by atoms with van der Waals surface area (Å²) >= 11 is 0. The number of rotatable bonds is 2. The summed E-state index contributed by atoms with van der Waals surface area (Å²) in [7, 11) is -18.9. The molecule has 6 atom stereocenters. The molecule has 4 aliphatic rings. The second kappa shape index (κ2) is 13.7. The molecular weight excluding hydrogens is 759 g/mol. The minimum Gasteiger partial charge on any atom is -1.00 e. The number of phosphoric acid groups is 4. The van der Waals surface area contributed by atoms with Gasteiger partial charge in [-0.3, -0.25) is 19.3 Å². The summed E-state index contributed by atoms with van der Waals surface area (Å²) < 4.78 is 56.5. The van der Waals surface area contributed by atoms with Crippen molar-refractivity contribution in [3.8, 4) is 5.75 Å². The Bertz CT molecular complexity index is 1780. The number of ketones is 2. The molecule has 27 heteroatoms. The van der Waals surface area contributed by atoms with Gasteiger partial charge in [0.1, 0.15) is 22.8 Å². The fourth-order valence-electron chi connectivity index (χ4n) is 6.16. The number of primary amides is 1. The summed E-state index contributed by atoms with van der Waals surface area (Å²) in [6, 6.07) is 3.13. The molecule has 0 radical (unpaired) electrons. The van der Waals surface area contributed by atoms with Gasteiger partial charge < -0.3 is 52.3 Å². The topological polar surface area (TPSA) is 368 Å². The molecule has 1 aliphatic heterocycles. The monoisotopic (exact) mass is 788 g/mol. The predicted octanol–water partition coefficient (Wildman–Crippen LogP) is -2.92. The first-order chi connectivity index (χ1) is 21.7. The van der Waals surface area contributed by atoms with Crippen LogP contribution in [-0.2, 0) is 49.9 Å². The van der Waals surface area contributed by atoms with Gasteiger partial charge in [-0.2, -0.15) is 17.2 Å². The van der Waals surface area contributed by atoms with Crippen molar-refractivity contribution in [2.45, 2.75) is 30.6 Å². The van der Waals surface area contributed by atoms with Gasteiger partial charge in [0, 0.05) is 11.5 Å². The zero-order chi connectivity index (χ0) is 36.7. The van der Waals surface area contributed by atoms with Crippen molar-refractivity contribution >= 4 is 54.5 Å². The number of aliphatic hydroxyl groups is 4. The summed E-state index contributed by atoms with van der Waals surface area (Å²) in [6.07, 6.45) is -1.59. The second-order valence-corrected chi connectivity index (χ2v) is 17.4. The number of amides is 1. The van der Waals surface area contributed by atoms with Crippen LogP contribution in [0, 0.1) is 11.8 Å². The van der Waals surface area contributed by atoms with E-state index in [9.17, 15) is 58.2 Å². The van der Waals surface area contributed by atoms with Crippen molar-refractivity contribution < 1.29 is 126 Å². The Morgan fingerprint density at radius 1 is 0.918 bits per heavy atom. The van der Waals surface area contributed by atoms with E-state index in [1.165, 1.54) is 25.1 Å². The Kier molecular flexibility index (Phi) is 11.7. The van der Waals surface area contributed by atoms with E-state index in [1.54, 1.807) is 19.1 Å². The number of fused-ring (bicyclic) bond motifs is 3. The summed E-state index contributed by atoms with van der Waals surface area (Å²) in [5, 5.41) is 54.9. The maximum atomic E-state index is 13.7. The number of aromatic hydroxyl groups is 1. The van der Waals surface area contributed by atoms with Crippen LogP contribution in [0.2, 0.25) is 0 Å². The molecule has 2 fully saturated rings. The number of nitrogens with zero attached hydrogens (tertiary/aromatic N) is 1. The second-order valence-electron chi connectivity index (χ2n) is 11.0. The third-order valence-electron chi connectivity index (χ3n) is 7.82. The van der Waals surface area contributed by atoms with Crippen molar-refractivity contribution in [3.05, 3.63) is 46.2 Å². The molecule has 3 aliphatic carbocycles. The van der Waals surface area contributed by atoms with Gasteiger partial charge in [-0.15, -0.1) is 0 Å². The number of aliphatic hydroxyl groups excluding tert-OH is 3. The maximum Gasteiger partial charge on any atom is 1.00 e. The number of carbonyl (C=O) groups excluding carboxylic acids is 3. The molecule has 0 unspecified atom stereocenters. The van der Waals surface area contributed by atoms with Crippen LogP contribution in [0.15, 0.2) is 35.1 Å². The van der Waals surface area contributed by atoms with Gasteiger partial charge in [0.25, 0.3) is 5.91 Å². The van der Waals surface area contributed by atoms with E-state index in [4.69, 9.17) is 25.3 Å². The number of phenolic OH excluding ortho intramolecular Hbond substituents is 1. The molecule has 5 rings (SSSR count). The molecule has 268 valence electrons. The van der Waals surface area contributed by atoms with Gasteiger partial charge >= 0.3 is 60.8 Å². The van der Waals surface area contributed by atoms with Gasteiger partial charge in [0.2, 0.25) is 5.78 Å². The molecule has 1 heterocycles. The van der Waals surface area contributed by atoms with E-state index in [1.807, 2.05) is 0 Å². The van der Waals surface area contributed by atoms with Crippen molar-refractivity contribution in [2.75, 3.05) is 14.1 Å². The van der Waals surface area contributed by atoms with Gasteiger partial charge in [-0.05, 0) is 31.6 Å². The Balaban J connectivity index is 0.000000411. The Labute approximate surface area is 298 Å². The van der Waals surface area contributed by atoms with E-state index >= 15 is 0 Å². The normalized spacial score (nSPS) is 40.5. The quantitative estimate of drug-likeness (QED) is 0.0815. The maximum absolute atomic E-state index is 13.7. The summed E-state index contributed by atoms with van der Waals surface area (Å²) in [4.78, 5) is 74.5. The molecule has 49 heavy (non-hydrogen) atoms. The van der Waals surface area contributed by atoms with Crippen LogP contribution in [0.25, 0.3) is 5.76 Å². The largest absolute Gasteiger partial charge is 1.00 e. The third kappa shape index (κ3) is 7.50. The van der Waals surface area contributed by atoms with Gasteiger partial charge in [0.15, 0.2) is 11.4 Å². The number of benzene rings is 1. The molecule has 0 bridgehead atoms. The first-order valence-corrected chi connectivity index (χ1v) is 19.0. The minimum atomic E-state index is -5.47. The first-order valence-electron chi connectivity index (χ1n) is 13.0. The molecule has 11 N–H and O–H groups in total. The minimum absolute atomic E-state index is 0. The number of carbonyl (C=O) groups is 3. The molecule has 0 spiro atoms. The Morgan fingerprint density at radius 3 is 1.78 bits per heavy atom. The third-order valence-corrected chi connectivity index (χ3v) is 14.4. The molecule has 1 saturated carbocycles. The number of likely N-dealkylation sites (N-methyl/N-ethyl adjacent to an activating group) is 1. The Morgan fingerprint density at radius 2 is 1.37 bits per heavy atom. The number of nitrogens with two attached hydrogens (primary N) is 1. The molecule has 1 aromatic rings. The molecule has 22 nitrogen and oxygen atoms in total. The van der Waals surface area contributed by atoms with Gasteiger partial charge in [-0.1, -0.05) is 19.1 Å². The fourth-order valence-corrected chi connectivity index (χ4v) is 11.9. The zero-order valence-electron chi connectivity index (χ0n) is 26.4. The molecule has 1 aromatic carbocycles. The van der Waals surface area contributed by atoms with Crippen molar-refractivity contribution in [2.24, 2.45) is 17.6 Å². The van der Waals surface area contributed by atoms with Crippen LogP contribution >= 0.6 is 31.3 Å². The van der Waals surface area contributed by atoms with E-state index in [2.05, 4.69) is 17.2 Å². The van der Waals surface area contributed by atoms with E-state index in [0.29, 0.717) is 5.56 Å². The van der Waals surface area contributed by atoms with Crippen LogP contribution in [0.3, 0.4) is 0 Å². The standard InChI is InChI=1S/C22H24N2O8.Na.H4O12P4.H/c1-7-8-5-4-6-9(25)11(8)16(26)12-10(7)17(27)14-15(24(2)3)18(28)13(21(23)31)20(30)22(14,32)19(12)29;;1-13(2)9-14(3,4)11-16(7,8)12-15(5,6)10-13;/h4-7,10,14-15,17,25-27,30,32H,1-3H3,(H2,23,31);;(H,1,2)(H,3,4)(H,5,6)(H,7,8);/q;+1;;-1/t7-,10+,14+,15-,17-,22-;;;/m0.../s1. The average Bonchev–Trinajstić information content (AvgIpc) is 2.87. The smallest absolute Gasteiger partial charge is 1.00 e. The van der Waals surface area contributed by atoms with Crippen molar-refractivity contribution in [1.82, 2.24) is 4.90 Å². The van der Waals surface area contributed by atoms with Gasteiger partial charge in [-0.25, -0.2) is 18.3 Å². The first kappa shape index (κ1) is 41.8. The number of Topliss-reactive ketones (excluding diaryl/α,β-unsaturated/α-hetero) is 2. The molecular formula is C22H29N2NaO20P4. The SMILES string of the molecule is C[C@H]1c2cccc(O)c2C(O)=C2C(=O)[C@]3(O)C(O)=C(C(N)=O)C(=O)[C@@H](N(C)C)[C@@H]3[C@@H](O)[C@@H]21.O=P1(O)OP(=O)(O)OP(=O)(O)OP(=O)(O)O1.[H-].[Na+]. The van der Waals surface area contributed by atoms with Gasteiger partial charge in [0.05, 0.1) is 23.6 Å². The molecule has 1 saturated heterocycles. The van der Waals surface area contributed by atoms with E-state index < -0.39 is 107 Å². The zero-order valence-corrected chi connectivity index (χ0v) is 31.0. The fraction of sp³-hybridized carbons (Fsp3) is 0.409. The summed E-state index contributed by atoms with van der Waals surface area (Å²) in [5.74, 6) is -8.87. The molecule has 1 amide bonds.